The Morgan fingerprint density at radius 3 is 1.08 bits per heavy atom. The van der Waals surface area contributed by atoms with Crippen molar-refractivity contribution in [2.75, 3.05) is 54.6 Å². The van der Waals surface area contributed by atoms with E-state index in [0.717, 1.165) is 44.5 Å². The number of hydrogen-bond acceptors (Lipinski definition) is 19. The molecule has 0 fully saturated rings. The molecule has 4 heterocycles. The van der Waals surface area contributed by atoms with Gasteiger partial charge in [0, 0.05) is 89.3 Å². The molecule has 12 rings (SSSR count). The van der Waals surface area contributed by atoms with Crippen LogP contribution in [0.5, 0.6) is 0 Å². The van der Waals surface area contributed by atoms with E-state index in [0.29, 0.717) is 95.2 Å². The van der Waals surface area contributed by atoms with Crippen molar-refractivity contribution in [2.24, 2.45) is 27.4 Å². The van der Waals surface area contributed by atoms with Crippen LogP contribution in [0.15, 0.2) is 170 Å². The summed E-state index contributed by atoms with van der Waals surface area (Å²) in [6, 6.07) is 53.9. The van der Waals surface area contributed by atoms with Crippen LogP contribution in [0.1, 0.15) is 161 Å². The van der Waals surface area contributed by atoms with E-state index in [4.69, 9.17) is 16.3 Å². The van der Waals surface area contributed by atoms with E-state index in [-0.39, 0.29) is 135 Å². The number of aromatic nitrogens is 2. The molecule has 0 radical (unpaired) electrons. The number of carbonyl (C=O) groups excluding carboxylic acids is 10. The van der Waals surface area contributed by atoms with Crippen molar-refractivity contribution in [3.8, 4) is 18.2 Å². The number of aliphatic carboxylic acids is 1. The van der Waals surface area contributed by atoms with Crippen molar-refractivity contribution in [1.29, 1.82) is 15.8 Å². The van der Waals surface area contributed by atoms with Crippen molar-refractivity contribution in [3.63, 3.8) is 0 Å². The number of fused-ring (bicyclic) bond motifs is 6. The molecule has 0 bridgehead atoms. The summed E-state index contributed by atoms with van der Waals surface area (Å²) in [5.74, 6) is -2.05. The first kappa shape index (κ1) is 99.4. The Hall–Kier alpha value is -12.1. The fourth-order valence-electron chi connectivity index (χ4n) is 14.5. The molecule has 2 spiro atoms. The second-order valence-electron chi connectivity index (χ2n) is 33.5. The van der Waals surface area contributed by atoms with Gasteiger partial charge in [-0.05, 0) is 130 Å². The molecular formula is C91H102Li2N14O14. The van der Waals surface area contributed by atoms with Gasteiger partial charge in [-0.25, -0.2) is 9.97 Å². The van der Waals surface area contributed by atoms with Gasteiger partial charge in [-0.15, -0.1) is 0 Å². The summed E-state index contributed by atoms with van der Waals surface area (Å²) >= 11 is 0. The number of nitriles is 3. The van der Waals surface area contributed by atoms with Crippen LogP contribution in [0.4, 0.5) is 23.0 Å². The van der Waals surface area contributed by atoms with Gasteiger partial charge < -0.3 is 72.2 Å². The van der Waals surface area contributed by atoms with Crippen LogP contribution in [-0.2, 0) is 122 Å². The predicted molar refractivity (Wildman–Crippen MR) is 444 cm³/mol. The summed E-state index contributed by atoms with van der Waals surface area (Å²) in [6.45, 7) is 21.7. The van der Waals surface area contributed by atoms with E-state index in [1.807, 2.05) is 118 Å². The first-order valence-electron chi connectivity index (χ1n) is 38.3. The SMILES string of the molecule is CC(C)(C)C(=O)N(CC(=O)Nc1ccc2c(c1)C[C@@]1(C2)C(=O)Nc2ncccc21)Cc1ccccc1C#N.CC(C)(C)C(=O)N(CC(=O)Nc1ccc2c(c1)C[C@@]1(C2)C(=O)Nc2ncccc21)Cc1ccccc1CN.CC(C)(C)C(=O)N(CC(=O)[O-])Cc1ccccc1C#N.COC(=O)CN(Cc1ccccc1C#N)C(=O)C(C)(C)C.O.[Li+].[Li+].[OH-]. The molecule has 9 N–H and O–H groups in total. The quantitative estimate of drug-likeness (QED) is 0.0572. The molecule has 121 heavy (non-hydrogen) atoms. The summed E-state index contributed by atoms with van der Waals surface area (Å²) in [7, 11) is 1.28. The number of nitrogens with zero attached hydrogens (tertiary/aromatic N) is 9. The van der Waals surface area contributed by atoms with E-state index >= 15 is 0 Å². The zero-order valence-electron chi connectivity index (χ0n) is 71.3. The Bertz CT molecular complexity index is 5300. The van der Waals surface area contributed by atoms with E-state index in [1.54, 1.807) is 146 Å². The van der Waals surface area contributed by atoms with E-state index in [2.05, 4.69) is 48.1 Å². The third kappa shape index (κ3) is 24.6. The summed E-state index contributed by atoms with van der Waals surface area (Å²) < 4.78 is 4.64. The average molecular weight is 1630 g/mol. The first-order chi connectivity index (χ1) is 55.2. The minimum absolute atomic E-state index is 0. The Morgan fingerprint density at radius 2 is 0.760 bits per heavy atom. The third-order valence-corrected chi connectivity index (χ3v) is 20.4. The largest absolute Gasteiger partial charge is 1.00 e. The van der Waals surface area contributed by atoms with Crippen LogP contribution >= 0.6 is 0 Å². The molecule has 30 heteroatoms. The van der Waals surface area contributed by atoms with Crippen LogP contribution in [0.3, 0.4) is 0 Å². The number of carbonyl (C=O) groups is 10. The number of carboxylic acid groups (broad SMARTS) is 1. The Balaban J connectivity index is 0.000000296. The zero-order valence-corrected chi connectivity index (χ0v) is 71.3. The molecular weight excluding hydrogens is 1530 g/mol. The van der Waals surface area contributed by atoms with Gasteiger partial charge >= 0.3 is 43.7 Å². The van der Waals surface area contributed by atoms with E-state index in [1.165, 1.54) is 21.8 Å². The maximum absolute atomic E-state index is 13.3. The topological polar surface area (TPSA) is 449 Å². The van der Waals surface area contributed by atoms with Gasteiger partial charge in [-0.1, -0.05) is 186 Å². The number of pyridine rings is 2. The minimum Gasteiger partial charge on any atom is -0.870 e. The van der Waals surface area contributed by atoms with Gasteiger partial charge in [-0.3, -0.25) is 43.2 Å². The number of ether oxygens (including phenoxy) is 1. The molecule has 2 aliphatic carbocycles. The number of nitrogens with two attached hydrogens (primary N) is 1. The molecule has 2 atom stereocenters. The Morgan fingerprint density at radius 1 is 0.455 bits per heavy atom. The normalized spacial score (nSPS) is 14.6. The Labute approximate surface area is 730 Å². The number of hydrogen-bond donors (Lipinski definition) is 5. The van der Waals surface area contributed by atoms with Crippen LogP contribution in [0.2, 0.25) is 0 Å². The molecule has 0 unspecified atom stereocenters. The summed E-state index contributed by atoms with van der Waals surface area (Å²) in [5.41, 5.74) is 14.4. The van der Waals surface area contributed by atoms with Crippen molar-refractivity contribution >= 4 is 82.2 Å². The van der Waals surface area contributed by atoms with Crippen molar-refractivity contribution < 1.29 is 106 Å². The van der Waals surface area contributed by atoms with Crippen molar-refractivity contribution in [1.82, 2.24) is 29.6 Å². The summed E-state index contributed by atoms with van der Waals surface area (Å²) in [5, 5.41) is 50.1. The van der Waals surface area contributed by atoms with Gasteiger partial charge in [0.1, 0.15) is 31.3 Å². The first-order valence-corrected chi connectivity index (χ1v) is 38.3. The Kier molecular flexibility index (Phi) is 34.7. The molecule has 4 aliphatic rings. The molecule has 2 aliphatic heterocycles. The van der Waals surface area contributed by atoms with Crippen LogP contribution in [0, 0.1) is 55.7 Å². The van der Waals surface area contributed by atoms with Gasteiger partial charge in [0.25, 0.3) is 0 Å². The maximum Gasteiger partial charge on any atom is 1.00 e. The number of methoxy groups -OCH3 is 1. The van der Waals surface area contributed by atoms with Crippen molar-refractivity contribution in [2.45, 2.75) is 152 Å². The number of amides is 8. The number of rotatable bonds is 19. The molecule has 8 amide bonds. The number of benzene rings is 6. The summed E-state index contributed by atoms with van der Waals surface area (Å²) in [6.07, 6.45) is 5.58. The third-order valence-electron chi connectivity index (χ3n) is 20.4. The fraction of sp³-hybridized carbons (Fsp3) is 0.352. The summed E-state index contributed by atoms with van der Waals surface area (Å²) in [4.78, 5) is 140. The van der Waals surface area contributed by atoms with Gasteiger partial charge in [0.15, 0.2) is 0 Å². The van der Waals surface area contributed by atoms with E-state index < -0.39 is 51.0 Å². The number of carboxylic acids is 1. The predicted octanol–water partition coefficient (Wildman–Crippen LogP) is 3.29. The monoisotopic (exact) mass is 1630 g/mol. The number of esters is 1. The smallest absolute Gasteiger partial charge is 0.870 e. The number of anilines is 4. The molecule has 8 aromatic rings. The standard InChI is InChI=1S/C30H33N5O3.C30H29N5O3.C16H20N2O3.C15H18N2O3.2Li.2H2O/c2*1-29(2,3)28(38)35(17-21-8-5-4-7-20(21)16-31)18-25(36)33-23-11-10-19-14-30(15-22(19)13-23)24-9-6-12-32-26(24)34-27(30)37;1-16(2,3)15(20)18(11-14(19)21-4)10-13-8-6-5-7-12(13)9-17;1-15(2,3)14(20)17(10-13(18)19)9-12-7-5-4-6-11(12)8-16;;;;/h4-13H,14-18,31H2,1-3H3,(H,33,36)(H,32,34,37);4-13H,14-15,17-18H2,1-3H3,(H,33,36)(H,32,34,37);5-8H,10-11H2,1-4H3;4-7H,9-10H2,1-3H3,(H,18,19);;;2*1H2/q;;;;2*+1;;/p-2/t2*30-;;;;;;/m11....../s1. The molecule has 0 saturated carbocycles. The van der Waals surface area contributed by atoms with Crippen molar-refractivity contribution in [3.05, 3.63) is 248 Å². The molecule has 6 aromatic carbocycles. The van der Waals surface area contributed by atoms with E-state index in [9.17, 15) is 58.3 Å². The fourth-order valence-corrected chi connectivity index (χ4v) is 14.5. The average Bonchev–Trinajstić information content (AvgIpc) is 1.58. The van der Waals surface area contributed by atoms with Gasteiger partial charge in [0.2, 0.25) is 47.3 Å². The molecule has 622 valence electrons. The molecule has 2 aromatic heterocycles. The van der Waals surface area contributed by atoms with Crippen LogP contribution in [-0.4, -0.2) is 133 Å². The number of nitrogens with one attached hydrogen (secondary N) is 4. The second kappa shape index (κ2) is 42.2. The maximum atomic E-state index is 13.3. The molecule has 0 saturated heterocycles. The minimum atomic E-state index is -1.32. The van der Waals surface area contributed by atoms with Gasteiger partial charge in [0.05, 0.1) is 65.4 Å². The molecule has 28 nitrogen and oxygen atoms in total. The van der Waals surface area contributed by atoms with Gasteiger partial charge in [-0.2, -0.15) is 15.8 Å². The van der Waals surface area contributed by atoms with Crippen LogP contribution in [0.25, 0.3) is 0 Å². The van der Waals surface area contributed by atoms with Crippen LogP contribution < -0.4 is 69.8 Å². The zero-order chi connectivity index (χ0) is 85.5. The second-order valence-corrected chi connectivity index (χ2v) is 33.5.